The molecule has 1 aromatic rings. The molecule has 1 aromatic carbocycles. The summed E-state index contributed by atoms with van der Waals surface area (Å²) in [6.45, 7) is 1.73. The van der Waals surface area contributed by atoms with Gasteiger partial charge in [0.25, 0.3) is 0 Å². The Kier molecular flexibility index (Phi) is 3.30. The Labute approximate surface area is 84.1 Å². The largest absolute Gasteiger partial charge is 0.382 e. The van der Waals surface area contributed by atoms with Crippen LogP contribution >= 0.6 is 0 Å². The molecule has 0 atom stereocenters. The third-order valence-electron chi connectivity index (χ3n) is 1.56. The summed E-state index contributed by atoms with van der Waals surface area (Å²) >= 11 is 0. The molecule has 0 saturated carbocycles. The summed E-state index contributed by atoms with van der Waals surface area (Å²) in [6, 6.07) is 9.09. The molecule has 0 heterocycles. The van der Waals surface area contributed by atoms with E-state index >= 15 is 0 Å². The molecule has 0 spiro atoms. The van der Waals surface area contributed by atoms with Crippen LogP contribution in [0.15, 0.2) is 36.4 Å². The fraction of sp³-hybridized carbons (Fsp3) is 0.200. The van der Waals surface area contributed by atoms with Gasteiger partial charge < -0.3 is 4.18 Å². The molecule has 0 aliphatic carbocycles. The van der Waals surface area contributed by atoms with Gasteiger partial charge in [-0.3, -0.25) is 0 Å². The predicted octanol–water partition coefficient (Wildman–Crippen LogP) is 2.02. The third kappa shape index (κ3) is 3.22. The Morgan fingerprint density at radius 3 is 2.29 bits per heavy atom. The minimum absolute atomic E-state index is 0.355. The number of rotatable bonds is 3. The average Bonchev–Trinajstić information content (AvgIpc) is 2.14. The lowest BCUT2D eigenvalue weighted by Gasteiger charge is -2.06. The molecule has 3 nitrogen and oxygen atoms in total. The van der Waals surface area contributed by atoms with Crippen molar-refractivity contribution in [3.63, 3.8) is 0 Å². The van der Waals surface area contributed by atoms with E-state index in [2.05, 4.69) is 0 Å². The summed E-state index contributed by atoms with van der Waals surface area (Å²) < 4.78 is 26.6. The summed E-state index contributed by atoms with van der Waals surface area (Å²) in [5.41, 5.74) is 0.750. The van der Waals surface area contributed by atoms with Crippen LogP contribution in [0.2, 0.25) is 0 Å². The standard InChI is InChI=1S/C10H12O3S/c1-3-10(13-14(2,11)12)9-7-5-4-6-8-9/h3-8H,1-2H3. The van der Waals surface area contributed by atoms with E-state index < -0.39 is 10.1 Å². The van der Waals surface area contributed by atoms with Crippen LogP contribution in [-0.2, 0) is 14.3 Å². The van der Waals surface area contributed by atoms with Crippen molar-refractivity contribution < 1.29 is 12.6 Å². The summed E-state index contributed by atoms with van der Waals surface area (Å²) in [5, 5.41) is 0. The molecule has 0 bridgehead atoms. The highest BCUT2D eigenvalue weighted by atomic mass is 32.2. The number of benzene rings is 1. The second-order valence-corrected chi connectivity index (χ2v) is 4.38. The van der Waals surface area contributed by atoms with Crippen LogP contribution in [-0.4, -0.2) is 14.7 Å². The first-order chi connectivity index (χ1) is 6.53. The normalized spacial score (nSPS) is 12.6. The van der Waals surface area contributed by atoms with Gasteiger partial charge in [-0.2, -0.15) is 8.42 Å². The fourth-order valence-electron chi connectivity index (χ4n) is 1.03. The van der Waals surface area contributed by atoms with Crippen molar-refractivity contribution in [3.8, 4) is 0 Å². The maximum absolute atomic E-state index is 10.9. The molecule has 0 aliphatic rings. The molecule has 0 amide bonds. The zero-order valence-corrected chi connectivity index (χ0v) is 8.91. The highest BCUT2D eigenvalue weighted by Gasteiger charge is 2.07. The fourth-order valence-corrected chi connectivity index (χ4v) is 1.55. The van der Waals surface area contributed by atoms with Crippen molar-refractivity contribution in [2.75, 3.05) is 6.26 Å². The maximum atomic E-state index is 10.9. The van der Waals surface area contributed by atoms with E-state index in [9.17, 15) is 8.42 Å². The molecule has 0 unspecified atom stereocenters. The highest BCUT2D eigenvalue weighted by Crippen LogP contribution is 2.16. The first-order valence-corrected chi connectivity index (χ1v) is 5.96. The zero-order valence-electron chi connectivity index (χ0n) is 8.10. The van der Waals surface area contributed by atoms with E-state index in [1.807, 2.05) is 18.2 Å². The van der Waals surface area contributed by atoms with Crippen LogP contribution in [0.25, 0.3) is 5.76 Å². The molecular formula is C10H12O3S. The highest BCUT2D eigenvalue weighted by molar-refractivity contribution is 7.86. The number of allylic oxidation sites excluding steroid dienone is 1. The molecule has 4 heteroatoms. The topological polar surface area (TPSA) is 43.4 Å². The van der Waals surface area contributed by atoms with Gasteiger partial charge in [-0.15, -0.1) is 0 Å². The first kappa shape index (κ1) is 10.8. The smallest absolute Gasteiger partial charge is 0.306 e. The van der Waals surface area contributed by atoms with Gasteiger partial charge in [0.2, 0.25) is 0 Å². The predicted molar refractivity (Wildman–Crippen MR) is 56.0 cm³/mol. The van der Waals surface area contributed by atoms with Crippen LogP contribution < -0.4 is 0 Å². The van der Waals surface area contributed by atoms with Gasteiger partial charge >= 0.3 is 10.1 Å². The molecular weight excluding hydrogens is 200 g/mol. The van der Waals surface area contributed by atoms with Crippen molar-refractivity contribution in [1.82, 2.24) is 0 Å². The second kappa shape index (κ2) is 4.28. The lowest BCUT2D eigenvalue weighted by Crippen LogP contribution is -2.01. The quantitative estimate of drug-likeness (QED) is 0.568. The minimum atomic E-state index is -3.45. The maximum Gasteiger partial charge on any atom is 0.306 e. The molecule has 0 fully saturated rings. The molecule has 0 N–H and O–H groups in total. The SMILES string of the molecule is CC=C(OS(C)(=O)=O)c1ccccc1. The van der Waals surface area contributed by atoms with Gasteiger partial charge in [0.15, 0.2) is 0 Å². The number of hydrogen-bond donors (Lipinski definition) is 0. The summed E-state index contributed by atoms with van der Waals surface area (Å²) in [6.07, 6.45) is 2.65. The molecule has 14 heavy (non-hydrogen) atoms. The molecule has 0 saturated heterocycles. The Morgan fingerprint density at radius 2 is 1.86 bits per heavy atom. The van der Waals surface area contributed by atoms with Crippen LogP contribution in [0.3, 0.4) is 0 Å². The van der Waals surface area contributed by atoms with E-state index in [0.717, 1.165) is 11.8 Å². The summed E-state index contributed by atoms with van der Waals surface area (Å²) in [4.78, 5) is 0. The molecule has 0 radical (unpaired) electrons. The molecule has 0 aromatic heterocycles. The number of hydrogen-bond acceptors (Lipinski definition) is 3. The summed E-state index contributed by atoms with van der Waals surface area (Å²) in [7, 11) is -3.45. The van der Waals surface area contributed by atoms with Crippen LogP contribution in [0.4, 0.5) is 0 Å². The Balaban J connectivity index is 2.97. The minimum Gasteiger partial charge on any atom is -0.382 e. The monoisotopic (exact) mass is 212 g/mol. The second-order valence-electron chi connectivity index (χ2n) is 2.81. The van der Waals surface area contributed by atoms with Crippen LogP contribution in [0.5, 0.6) is 0 Å². The van der Waals surface area contributed by atoms with Gasteiger partial charge in [-0.1, -0.05) is 30.3 Å². The molecule has 76 valence electrons. The van der Waals surface area contributed by atoms with Gasteiger partial charge in [0.1, 0.15) is 5.76 Å². The van der Waals surface area contributed by atoms with Gasteiger partial charge in [0.05, 0.1) is 6.26 Å². The van der Waals surface area contributed by atoms with Crippen molar-refractivity contribution in [2.45, 2.75) is 6.92 Å². The van der Waals surface area contributed by atoms with Crippen LogP contribution in [0.1, 0.15) is 12.5 Å². The van der Waals surface area contributed by atoms with E-state index in [-0.39, 0.29) is 0 Å². The van der Waals surface area contributed by atoms with Crippen LogP contribution in [0, 0.1) is 0 Å². The van der Waals surface area contributed by atoms with E-state index in [0.29, 0.717) is 5.76 Å². The van der Waals surface area contributed by atoms with Gasteiger partial charge in [-0.25, -0.2) is 0 Å². The first-order valence-electron chi connectivity index (χ1n) is 4.14. The van der Waals surface area contributed by atoms with Crippen molar-refractivity contribution in [3.05, 3.63) is 42.0 Å². The van der Waals surface area contributed by atoms with Crippen molar-refractivity contribution in [1.29, 1.82) is 0 Å². The zero-order chi connectivity index (χ0) is 10.6. The van der Waals surface area contributed by atoms with E-state index in [1.54, 1.807) is 25.1 Å². The Bertz CT molecular complexity index is 418. The lowest BCUT2D eigenvalue weighted by molar-refractivity contribution is 0.469. The van der Waals surface area contributed by atoms with Crippen molar-refractivity contribution in [2.24, 2.45) is 0 Å². The van der Waals surface area contributed by atoms with Crippen molar-refractivity contribution >= 4 is 15.9 Å². The van der Waals surface area contributed by atoms with E-state index in [4.69, 9.17) is 4.18 Å². The molecule has 1 rings (SSSR count). The summed E-state index contributed by atoms with van der Waals surface area (Å²) in [5.74, 6) is 0.355. The lowest BCUT2D eigenvalue weighted by atomic mass is 10.2. The third-order valence-corrected chi connectivity index (χ3v) is 2.04. The van der Waals surface area contributed by atoms with E-state index in [1.165, 1.54) is 0 Å². The average molecular weight is 212 g/mol. The molecule has 0 aliphatic heterocycles. The van der Waals surface area contributed by atoms with Gasteiger partial charge in [-0.05, 0) is 13.0 Å². The Hall–Kier alpha value is -1.29. The van der Waals surface area contributed by atoms with Gasteiger partial charge in [0, 0.05) is 5.56 Å². The Morgan fingerprint density at radius 1 is 1.29 bits per heavy atom.